The molecule has 2 aliphatic rings. The minimum atomic E-state index is -0.509. The Labute approximate surface area is 151 Å². The van der Waals surface area contributed by atoms with Gasteiger partial charge in [-0.05, 0) is 19.4 Å². The van der Waals surface area contributed by atoms with Crippen molar-refractivity contribution in [1.82, 2.24) is 4.90 Å². The van der Waals surface area contributed by atoms with Crippen molar-refractivity contribution < 1.29 is 14.3 Å². The molecular weight excluding hydrogens is 336 g/mol. The normalized spacial score (nSPS) is 20.1. The summed E-state index contributed by atoms with van der Waals surface area (Å²) < 4.78 is 5.26. The average Bonchev–Trinajstić information content (AvgIpc) is 2.59. The number of allylic oxidation sites excluding steroid dienone is 1. The topological polar surface area (TPSA) is 59.0 Å². The number of hydrogen-bond donors (Lipinski definition) is 0. The summed E-state index contributed by atoms with van der Waals surface area (Å²) in [5, 5.41) is 0.652. The number of rotatable bonds is 4. The summed E-state index contributed by atoms with van der Waals surface area (Å²) in [6, 6.07) is 7.34. The van der Waals surface area contributed by atoms with E-state index in [-0.39, 0.29) is 12.5 Å². The average molecular weight is 356 g/mol. The van der Waals surface area contributed by atoms with Crippen molar-refractivity contribution >= 4 is 28.8 Å². The predicted molar refractivity (Wildman–Crippen MR) is 99.1 cm³/mol. The third kappa shape index (κ3) is 3.39. The second-order valence-corrected chi connectivity index (χ2v) is 7.02. The van der Waals surface area contributed by atoms with Crippen LogP contribution in [0.2, 0.25) is 0 Å². The van der Waals surface area contributed by atoms with Gasteiger partial charge in [0.1, 0.15) is 6.61 Å². The monoisotopic (exact) mass is 356 g/mol. The van der Waals surface area contributed by atoms with Gasteiger partial charge in [0.15, 0.2) is 5.17 Å². The van der Waals surface area contributed by atoms with E-state index in [0.29, 0.717) is 28.6 Å². The number of amides is 1. The van der Waals surface area contributed by atoms with Gasteiger partial charge in [-0.15, -0.1) is 0 Å². The zero-order valence-electron chi connectivity index (χ0n) is 14.3. The fraction of sp³-hybridized carbons (Fsp3) is 0.316. The first-order valence-electron chi connectivity index (χ1n) is 8.12. The number of hydrogen-bond acceptors (Lipinski definition) is 5. The van der Waals surface area contributed by atoms with E-state index in [2.05, 4.69) is 11.6 Å². The molecule has 3 rings (SSSR count). The van der Waals surface area contributed by atoms with Crippen LogP contribution in [0.15, 0.2) is 53.2 Å². The van der Waals surface area contributed by atoms with E-state index in [1.54, 1.807) is 23.6 Å². The van der Waals surface area contributed by atoms with Crippen LogP contribution in [0.25, 0.3) is 0 Å². The molecule has 0 unspecified atom stereocenters. The van der Waals surface area contributed by atoms with Gasteiger partial charge in [0.25, 0.3) is 0 Å². The van der Waals surface area contributed by atoms with Crippen LogP contribution in [0.5, 0.6) is 0 Å². The molecule has 0 spiro atoms. The number of esters is 1. The molecule has 1 aromatic rings. The highest BCUT2D eigenvalue weighted by molar-refractivity contribution is 8.14. The summed E-state index contributed by atoms with van der Waals surface area (Å²) >= 11 is 1.54. The Hall–Kier alpha value is -2.34. The minimum absolute atomic E-state index is 0.0235. The fourth-order valence-corrected chi connectivity index (χ4v) is 3.94. The van der Waals surface area contributed by atoms with Crippen molar-refractivity contribution in [2.24, 2.45) is 4.99 Å². The van der Waals surface area contributed by atoms with Gasteiger partial charge in [-0.1, -0.05) is 54.2 Å². The molecule has 25 heavy (non-hydrogen) atoms. The quantitative estimate of drug-likeness (QED) is 0.613. The number of nitrogens with zero attached hydrogens (tertiary/aromatic N) is 2. The Kier molecular flexibility index (Phi) is 5.08. The number of ether oxygens (including phenoxy) is 1. The summed E-state index contributed by atoms with van der Waals surface area (Å²) in [6.07, 6.45) is 1.95. The maximum absolute atomic E-state index is 12.7. The van der Waals surface area contributed by atoms with Gasteiger partial charge in [0.2, 0.25) is 5.91 Å². The minimum Gasteiger partial charge on any atom is -0.458 e. The summed E-state index contributed by atoms with van der Waals surface area (Å²) in [5.74, 6) is 0.219. The largest absolute Gasteiger partial charge is 0.458 e. The van der Waals surface area contributed by atoms with E-state index in [9.17, 15) is 9.59 Å². The van der Waals surface area contributed by atoms with Gasteiger partial charge < -0.3 is 4.74 Å². The number of aryl methyl sites for hydroxylation is 1. The van der Waals surface area contributed by atoms with Crippen LogP contribution in [0.4, 0.5) is 0 Å². The first kappa shape index (κ1) is 17.5. The number of amidine groups is 1. The molecule has 1 amide bonds. The number of carbonyl (C=O) groups excluding carboxylic acids is 2. The maximum Gasteiger partial charge on any atom is 0.338 e. The zero-order chi connectivity index (χ0) is 18.0. The van der Waals surface area contributed by atoms with Crippen molar-refractivity contribution in [3.05, 3.63) is 59.3 Å². The summed E-state index contributed by atoms with van der Waals surface area (Å²) in [5.41, 5.74) is 2.99. The summed E-state index contributed by atoms with van der Waals surface area (Å²) in [4.78, 5) is 31.4. The first-order chi connectivity index (χ1) is 12.0. The van der Waals surface area contributed by atoms with Crippen molar-refractivity contribution in [3.8, 4) is 0 Å². The molecule has 2 heterocycles. The lowest BCUT2D eigenvalue weighted by molar-refractivity contribution is -0.139. The second-order valence-electron chi connectivity index (χ2n) is 5.96. The molecule has 6 heteroatoms. The fourth-order valence-electron chi connectivity index (χ4n) is 2.93. The Morgan fingerprint density at radius 1 is 1.40 bits per heavy atom. The SMILES string of the molecule is C=CCOC(=O)C1=C(C)N=C2SCCC(=O)N2[C@@H]1c1ccc(C)cc1. The van der Waals surface area contributed by atoms with Gasteiger partial charge in [0.05, 0.1) is 17.3 Å². The molecule has 1 fully saturated rings. The molecule has 0 bridgehead atoms. The van der Waals surface area contributed by atoms with E-state index < -0.39 is 12.0 Å². The Morgan fingerprint density at radius 3 is 2.80 bits per heavy atom. The third-order valence-electron chi connectivity index (χ3n) is 4.15. The lowest BCUT2D eigenvalue weighted by Gasteiger charge is -2.38. The van der Waals surface area contributed by atoms with Crippen molar-refractivity contribution in [2.75, 3.05) is 12.4 Å². The zero-order valence-corrected chi connectivity index (χ0v) is 15.1. The molecule has 1 atom stereocenters. The van der Waals surface area contributed by atoms with E-state index in [0.717, 1.165) is 11.1 Å². The molecular formula is C19H20N2O3S. The molecule has 0 aliphatic carbocycles. The van der Waals surface area contributed by atoms with Crippen molar-refractivity contribution in [1.29, 1.82) is 0 Å². The van der Waals surface area contributed by atoms with Crippen LogP contribution in [0.3, 0.4) is 0 Å². The van der Waals surface area contributed by atoms with Gasteiger partial charge in [-0.3, -0.25) is 9.69 Å². The molecule has 0 N–H and O–H groups in total. The number of aliphatic imine (C=N–C) groups is 1. The Bertz CT molecular complexity index is 780. The van der Waals surface area contributed by atoms with Crippen LogP contribution in [-0.4, -0.2) is 34.3 Å². The Balaban J connectivity index is 2.11. The lowest BCUT2D eigenvalue weighted by atomic mass is 9.93. The van der Waals surface area contributed by atoms with Crippen LogP contribution >= 0.6 is 11.8 Å². The molecule has 2 aliphatic heterocycles. The van der Waals surface area contributed by atoms with Crippen LogP contribution < -0.4 is 0 Å². The molecule has 1 saturated heterocycles. The van der Waals surface area contributed by atoms with E-state index >= 15 is 0 Å². The van der Waals surface area contributed by atoms with E-state index in [4.69, 9.17) is 4.74 Å². The van der Waals surface area contributed by atoms with Crippen molar-refractivity contribution in [2.45, 2.75) is 26.3 Å². The van der Waals surface area contributed by atoms with Gasteiger partial charge in [0, 0.05) is 12.2 Å². The van der Waals surface area contributed by atoms with Gasteiger partial charge >= 0.3 is 5.97 Å². The van der Waals surface area contributed by atoms with Gasteiger partial charge in [-0.2, -0.15) is 0 Å². The second kappa shape index (κ2) is 7.27. The summed E-state index contributed by atoms with van der Waals surface area (Å²) in [7, 11) is 0. The van der Waals surface area contributed by atoms with Crippen LogP contribution in [0.1, 0.15) is 30.5 Å². The van der Waals surface area contributed by atoms with Crippen LogP contribution in [-0.2, 0) is 14.3 Å². The highest BCUT2D eigenvalue weighted by atomic mass is 32.2. The molecule has 0 radical (unpaired) electrons. The number of benzene rings is 1. The Morgan fingerprint density at radius 2 is 2.12 bits per heavy atom. The van der Waals surface area contributed by atoms with Gasteiger partial charge in [-0.25, -0.2) is 9.79 Å². The lowest BCUT2D eigenvalue weighted by Crippen LogP contribution is -2.45. The maximum atomic E-state index is 12.7. The standard InChI is InChI=1S/C19H20N2O3S/c1-4-10-24-18(23)16-13(3)20-19-21(15(22)9-11-25-19)17(16)14-7-5-12(2)6-8-14/h4-8,17H,1,9-11H2,2-3H3/t17-/m1/s1. The van der Waals surface area contributed by atoms with E-state index in [1.165, 1.54) is 6.08 Å². The highest BCUT2D eigenvalue weighted by Gasteiger charge is 2.41. The molecule has 1 aromatic carbocycles. The molecule has 130 valence electrons. The predicted octanol–water partition coefficient (Wildman–Crippen LogP) is 3.37. The number of fused-ring (bicyclic) bond motifs is 1. The van der Waals surface area contributed by atoms with Crippen LogP contribution in [0, 0.1) is 6.92 Å². The number of thioether (sulfide) groups is 1. The molecule has 0 saturated carbocycles. The van der Waals surface area contributed by atoms with Crippen molar-refractivity contribution in [3.63, 3.8) is 0 Å². The highest BCUT2D eigenvalue weighted by Crippen LogP contribution is 2.40. The number of carbonyl (C=O) groups is 2. The molecule has 0 aromatic heterocycles. The smallest absolute Gasteiger partial charge is 0.338 e. The van der Waals surface area contributed by atoms with E-state index in [1.807, 2.05) is 31.2 Å². The first-order valence-corrected chi connectivity index (χ1v) is 9.10. The summed E-state index contributed by atoms with van der Waals surface area (Å²) in [6.45, 7) is 7.48. The molecule has 5 nitrogen and oxygen atoms in total. The third-order valence-corrected chi connectivity index (χ3v) is 5.11.